The van der Waals surface area contributed by atoms with Gasteiger partial charge < -0.3 is 5.32 Å². The lowest BCUT2D eigenvalue weighted by atomic mass is 9.89. The minimum atomic E-state index is -0.254. The molecule has 0 spiro atoms. The van der Waals surface area contributed by atoms with Crippen LogP contribution in [-0.2, 0) is 0 Å². The third kappa shape index (κ3) is 5.04. The lowest BCUT2D eigenvalue weighted by molar-refractivity contribution is 0.0580. The number of benzene rings is 5. The van der Waals surface area contributed by atoms with E-state index in [-0.39, 0.29) is 29.7 Å². The van der Waals surface area contributed by atoms with Crippen molar-refractivity contribution in [3.8, 4) is 0 Å². The van der Waals surface area contributed by atoms with Crippen molar-refractivity contribution in [1.82, 2.24) is 20.0 Å². The van der Waals surface area contributed by atoms with Crippen LogP contribution in [0.25, 0.3) is 32.3 Å². The highest BCUT2D eigenvalue weighted by molar-refractivity contribution is 6.30. The fourth-order valence-corrected chi connectivity index (χ4v) is 6.96. The van der Waals surface area contributed by atoms with Crippen LogP contribution in [0, 0.1) is 0 Å². The highest BCUT2D eigenvalue weighted by Crippen LogP contribution is 2.36. The summed E-state index contributed by atoms with van der Waals surface area (Å²) in [5, 5.41) is 8.51. The molecule has 0 unspecified atom stereocenters. The maximum atomic E-state index is 13.9. The SMILES string of the molecule is CC(C)N(CCCNCCN1C(=O)c2cccc3cccc(c23)C1=O)CCN1C(=O)c2cccc3cc4ccccc4c(c23)C1=O. The highest BCUT2D eigenvalue weighted by atomic mass is 16.2. The molecule has 0 saturated carbocycles. The van der Waals surface area contributed by atoms with Crippen molar-refractivity contribution in [2.45, 2.75) is 26.3 Å². The van der Waals surface area contributed by atoms with Crippen molar-refractivity contribution in [1.29, 1.82) is 0 Å². The van der Waals surface area contributed by atoms with Crippen molar-refractivity contribution < 1.29 is 19.2 Å². The topological polar surface area (TPSA) is 90.0 Å². The van der Waals surface area contributed by atoms with E-state index in [4.69, 9.17) is 0 Å². The standard InChI is InChI=1S/C38H36N4O4/c1-24(2)40(19-8-17-39-18-20-41-35(43)29-14-5-10-25-11-6-15-30(32(25)29)36(41)44)21-22-42-37(45)31-16-7-12-27-23-26-9-3-4-13-28(26)34(33(27)31)38(42)46/h3-7,9-16,23-24,39H,8,17-22H2,1-2H3. The summed E-state index contributed by atoms with van der Waals surface area (Å²) in [6.07, 6.45) is 0.830. The molecule has 0 bridgehead atoms. The van der Waals surface area contributed by atoms with Crippen molar-refractivity contribution in [3.05, 3.63) is 107 Å². The molecule has 2 aliphatic rings. The molecular weight excluding hydrogens is 576 g/mol. The summed E-state index contributed by atoms with van der Waals surface area (Å²) in [6.45, 7) is 7.35. The third-order valence-corrected chi connectivity index (χ3v) is 9.33. The smallest absolute Gasteiger partial charge is 0.262 e. The van der Waals surface area contributed by atoms with Crippen LogP contribution in [-0.4, -0.2) is 83.6 Å². The van der Waals surface area contributed by atoms with E-state index in [1.165, 1.54) is 9.80 Å². The van der Waals surface area contributed by atoms with E-state index in [9.17, 15) is 19.2 Å². The Hall–Kier alpha value is -4.92. The first-order valence-electron chi connectivity index (χ1n) is 16.0. The van der Waals surface area contributed by atoms with Gasteiger partial charge in [-0.05, 0) is 79.2 Å². The lowest BCUT2D eigenvalue weighted by Gasteiger charge is -2.32. The van der Waals surface area contributed by atoms with Crippen LogP contribution < -0.4 is 5.32 Å². The van der Waals surface area contributed by atoms with Gasteiger partial charge >= 0.3 is 0 Å². The Morgan fingerprint density at radius 2 is 1.20 bits per heavy atom. The van der Waals surface area contributed by atoms with Crippen LogP contribution in [0.5, 0.6) is 0 Å². The van der Waals surface area contributed by atoms with Crippen LogP contribution in [0.4, 0.5) is 0 Å². The molecule has 5 aromatic rings. The average Bonchev–Trinajstić information content (AvgIpc) is 3.06. The maximum Gasteiger partial charge on any atom is 0.262 e. The Kier molecular flexibility index (Phi) is 7.84. The average molecular weight is 613 g/mol. The molecule has 46 heavy (non-hydrogen) atoms. The number of carbonyl (C=O) groups is 4. The lowest BCUT2D eigenvalue weighted by Crippen LogP contribution is -2.46. The van der Waals surface area contributed by atoms with Gasteiger partial charge in [-0.2, -0.15) is 0 Å². The molecule has 8 heteroatoms. The molecule has 0 aromatic heterocycles. The van der Waals surface area contributed by atoms with Gasteiger partial charge in [-0.15, -0.1) is 0 Å². The second-order valence-corrected chi connectivity index (χ2v) is 12.3. The third-order valence-electron chi connectivity index (χ3n) is 9.33. The number of nitrogens with one attached hydrogen (secondary N) is 1. The number of hydrogen-bond donors (Lipinski definition) is 1. The van der Waals surface area contributed by atoms with Crippen molar-refractivity contribution in [3.63, 3.8) is 0 Å². The number of rotatable bonds is 11. The maximum absolute atomic E-state index is 13.9. The molecule has 0 aliphatic carbocycles. The molecule has 7 rings (SSSR count). The zero-order valence-corrected chi connectivity index (χ0v) is 26.1. The van der Waals surface area contributed by atoms with E-state index >= 15 is 0 Å². The highest BCUT2D eigenvalue weighted by Gasteiger charge is 2.35. The summed E-state index contributed by atoms with van der Waals surface area (Å²) in [5.41, 5.74) is 2.32. The van der Waals surface area contributed by atoms with E-state index in [0.717, 1.165) is 45.3 Å². The molecule has 8 nitrogen and oxygen atoms in total. The molecule has 2 aliphatic heterocycles. The van der Waals surface area contributed by atoms with E-state index in [1.54, 1.807) is 12.1 Å². The number of carbonyl (C=O) groups excluding carboxylic acids is 4. The molecule has 0 atom stereocenters. The zero-order valence-electron chi connectivity index (χ0n) is 26.1. The summed E-state index contributed by atoms with van der Waals surface area (Å²) in [7, 11) is 0. The molecule has 0 radical (unpaired) electrons. The molecule has 1 N–H and O–H groups in total. The fraction of sp³-hybridized carbons (Fsp3) is 0.263. The van der Waals surface area contributed by atoms with Crippen molar-refractivity contribution in [2.75, 3.05) is 39.3 Å². The monoisotopic (exact) mass is 612 g/mol. The van der Waals surface area contributed by atoms with Gasteiger partial charge in [0.15, 0.2) is 0 Å². The minimum Gasteiger partial charge on any atom is -0.315 e. The first-order valence-corrected chi connectivity index (χ1v) is 16.0. The Morgan fingerprint density at radius 3 is 1.87 bits per heavy atom. The van der Waals surface area contributed by atoms with E-state index in [0.29, 0.717) is 55.0 Å². The van der Waals surface area contributed by atoms with Gasteiger partial charge in [0.1, 0.15) is 0 Å². The molecule has 2 heterocycles. The number of fused-ring (bicyclic) bond motifs is 2. The summed E-state index contributed by atoms with van der Waals surface area (Å²) in [6, 6.07) is 26.9. The van der Waals surface area contributed by atoms with Crippen LogP contribution in [0.1, 0.15) is 61.7 Å². The van der Waals surface area contributed by atoms with E-state index in [2.05, 4.69) is 24.1 Å². The largest absolute Gasteiger partial charge is 0.315 e. The number of amides is 4. The van der Waals surface area contributed by atoms with Gasteiger partial charge in [0.05, 0.1) is 5.56 Å². The number of hydrogen-bond acceptors (Lipinski definition) is 6. The molecule has 0 saturated heterocycles. The van der Waals surface area contributed by atoms with Gasteiger partial charge in [-0.3, -0.25) is 33.9 Å². The quantitative estimate of drug-likeness (QED) is 0.116. The molecule has 0 fully saturated rings. The van der Waals surface area contributed by atoms with Crippen LogP contribution >= 0.6 is 0 Å². The van der Waals surface area contributed by atoms with Crippen molar-refractivity contribution >= 4 is 55.9 Å². The molecule has 5 aromatic carbocycles. The van der Waals surface area contributed by atoms with E-state index in [1.807, 2.05) is 72.8 Å². The number of imide groups is 2. The first-order chi connectivity index (χ1) is 22.3. The second kappa shape index (κ2) is 12.1. The van der Waals surface area contributed by atoms with Gasteiger partial charge in [0, 0.05) is 59.7 Å². The summed E-state index contributed by atoms with van der Waals surface area (Å²) >= 11 is 0. The van der Waals surface area contributed by atoms with Gasteiger partial charge in [0.2, 0.25) is 0 Å². The predicted molar refractivity (Wildman–Crippen MR) is 180 cm³/mol. The van der Waals surface area contributed by atoms with Gasteiger partial charge in [-0.25, -0.2) is 0 Å². The van der Waals surface area contributed by atoms with Crippen LogP contribution in [0.2, 0.25) is 0 Å². The van der Waals surface area contributed by atoms with Crippen LogP contribution in [0.15, 0.2) is 84.9 Å². The van der Waals surface area contributed by atoms with E-state index < -0.39 is 0 Å². The Bertz CT molecular complexity index is 2000. The Morgan fingerprint density at radius 1 is 0.609 bits per heavy atom. The minimum absolute atomic E-state index is 0.220. The Balaban J connectivity index is 0.951. The van der Waals surface area contributed by atoms with Gasteiger partial charge in [0.25, 0.3) is 23.6 Å². The summed E-state index contributed by atoms with van der Waals surface area (Å²) in [5.74, 6) is -0.993. The second-order valence-electron chi connectivity index (χ2n) is 12.3. The number of nitrogens with zero attached hydrogens (tertiary/aromatic N) is 3. The molecular formula is C38H36N4O4. The summed E-state index contributed by atoms with van der Waals surface area (Å²) < 4.78 is 0. The normalized spacial score (nSPS) is 14.6. The van der Waals surface area contributed by atoms with Crippen molar-refractivity contribution in [2.24, 2.45) is 0 Å². The fourth-order valence-electron chi connectivity index (χ4n) is 6.96. The van der Waals surface area contributed by atoms with Gasteiger partial charge in [-0.1, -0.05) is 60.7 Å². The van der Waals surface area contributed by atoms with Crippen LogP contribution in [0.3, 0.4) is 0 Å². The first kappa shape index (κ1) is 29.8. The molecule has 4 amide bonds. The Labute approximate surface area is 267 Å². The molecule has 232 valence electrons. The predicted octanol–water partition coefficient (Wildman–Crippen LogP) is 5.73. The zero-order chi connectivity index (χ0) is 31.9. The summed E-state index contributed by atoms with van der Waals surface area (Å²) in [4.78, 5) is 58.8.